The first-order chi connectivity index (χ1) is 11.6. The Labute approximate surface area is 148 Å². The van der Waals surface area contributed by atoms with E-state index in [4.69, 9.17) is 0 Å². The molecule has 25 heavy (non-hydrogen) atoms. The molecule has 2 rings (SSSR count). The molecule has 3 unspecified atom stereocenters. The van der Waals surface area contributed by atoms with E-state index in [2.05, 4.69) is 4.98 Å². The van der Waals surface area contributed by atoms with Gasteiger partial charge in [0.2, 0.25) is 6.04 Å². The number of likely N-dealkylation sites (tertiary alicyclic amines) is 1. The number of rotatable bonds is 5. The molecule has 0 aromatic carbocycles. The number of carboxylic acid groups (broad SMARTS) is 1. The number of carboxylic acids is 1. The molecule has 136 valence electrons. The van der Waals surface area contributed by atoms with Gasteiger partial charge in [-0.25, -0.2) is 14.1 Å². The van der Waals surface area contributed by atoms with E-state index in [0.29, 0.717) is 25.9 Å². The Bertz CT molecular complexity index is 666. The molecule has 1 saturated heterocycles. The Morgan fingerprint density at radius 2 is 2.00 bits per heavy atom. The van der Waals surface area contributed by atoms with E-state index >= 15 is 0 Å². The van der Waals surface area contributed by atoms with Crippen LogP contribution in [0.25, 0.3) is 0 Å². The number of pyridine rings is 1. The second-order valence-corrected chi connectivity index (χ2v) is 7.83. The summed E-state index contributed by atoms with van der Waals surface area (Å²) in [5, 5.41) is 9.94. The second kappa shape index (κ2) is 7.04. The molecule has 0 aliphatic carbocycles. The second-order valence-electron chi connectivity index (χ2n) is 7.83. The van der Waals surface area contributed by atoms with Crippen LogP contribution in [0.4, 0.5) is 0 Å². The van der Waals surface area contributed by atoms with Crippen molar-refractivity contribution >= 4 is 17.7 Å². The molecule has 1 N–H and O–H groups in total. The number of Topliss-reactive ketones (excluding diaryl/α,β-unsaturated/α-hetero) is 1. The van der Waals surface area contributed by atoms with Crippen molar-refractivity contribution in [2.75, 3.05) is 13.1 Å². The highest BCUT2D eigenvalue weighted by atomic mass is 16.4. The van der Waals surface area contributed by atoms with Crippen LogP contribution in [0.5, 0.6) is 0 Å². The standard InChI is InChI=1S/C19H26N2O4/c1-5-10-21(17(23)16(22)19(2,3)4)11-8-14(15(21)18(24)25)13-7-6-9-20-12-13/h6-7,9,12,14-15H,5,8,10-11H2,1-4H3/p+1. The smallest absolute Gasteiger partial charge is 0.383 e. The maximum Gasteiger partial charge on any atom is 0.383 e. The first kappa shape index (κ1) is 19.2. The van der Waals surface area contributed by atoms with Gasteiger partial charge >= 0.3 is 11.9 Å². The summed E-state index contributed by atoms with van der Waals surface area (Å²) >= 11 is 0. The summed E-state index contributed by atoms with van der Waals surface area (Å²) in [6, 6.07) is 2.65. The zero-order valence-corrected chi connectivity index (χ0v) is 15.4. The van der Waals surface area contributed by atoms with Crippen LogP contribution in [-0.2, 0) is 14.4 Å². The quantitative estimate of drug-likeness (QED) is 0.653. The monoisotopic (exact) mass is 347 g/mol. The molecule has 0 bridgehead atoms. The SMILES string of the molecule is CCC[N+]1(C(=O)C(=O)C(C)(C)C)CCC(c2cccnc2)C1C(=O)O. The summed E-state index contributed by atoms with van der Waals surface area (Å²) in [5.74, 6) is -2.43. The van der Waals surface area contributed by atoms with Crippen LogP contribution in [0.2, 0.25) is 0 Å². The fourth-order valence-corrected chi connectivity index (χ4v) is 3.84. The van der Waals surface area contributed by atoms with E-state index in [9.17, 15) is 19.5 Å². The van der Waals surface area contributed by atoms with Gasteiger partial charge in [0.15, 0.2) is 0 Å². The Morgan fingerprint density at radius 3 is 2.48 bits per heavy atom. The van der Waals surface area contributed by atoms with Crippen molar-refractivity contribution in [1.82, 2.24) is 4.98 Å². The number of ketones is 1. The molecule has 2 heterocycles. The fraction of sp³-hybridized carbons (Fsp3) is 0.579. The molecule has 1 fully saturated rings. The minimum absolute atomic E-state index is 0.290. The van der Waals surface area contributed by atoms with Crippen LogP contribution >= 0.6 is 0 Å². The van der Waals surface area contributed by atoms with Crippen molar-refractivity contribution in [3.05, 3.63) is 30.1 Å². The van der Waals surface area contributed by atoms with E-state index in [1.807, 2.05) is 13.0 Å². The third-order valence-corrected chi connectivity index (χ3v) is 5.02. The third kappa shape index (κ3) is 3.49. The first-order valence-electron chi connectivity index (χ1n) is 8.74. The summed E-state index contributed by atoms with van der Waals surface area (Å²) in [6.45, 7) is 7.71. The van der Waals surface area contributed by atoms with Crippen molar-refractivity contribution in [3.63, 3.8) is 0 Å². The largest absolute Gasteiger partial charge is 0.477 e. The highest BCUT2D eigenvalue weighted by Gasteiger charge is 2.59. The van der Waals surface area contributed by atoms with Gasteiger partial charge in [-0.1, -0.05) is 33.8 Å². The molecule has 0 radical (unpaired) electrons. The van der Waals surface area contributed by atoms with Gasteiger partial charge in [0.25, 0.3) is 5.78 Å². The number of hydrogen-bond donors (Lipinski definition) is 1. The molecule has 1 amide bonds. The van der Waals surface area contributed by atoms with Crippen molar-refractivity contribution < 1.29 is 24.0 Å². The van der Waals surface area contributed by atoms with Crippen LogP contribution in [0.3, 0.4) is 0 Å². The van der Waals surface area contributed by atoms with E-state index in [1.54, 1.807) is 39.2 Å². The molecule has 1 aromatic heterocycles. The van der Waals surface area contributed by atoms with Crippen LogP contribution in [0.1, 0.15) is 52.0 Å². The number of nitrogens with zero attached hydrogens (tertiary/aromatic N) is 2. The summed E-state index contributed by atoms with van der Waals surface area (Å²) in [6.07, 6.45) is 4.47. The van der Waals surface area contributed by atoms with Gasteiger partial charge in [-0.15, -0.1) is 0 Å². The number of carbonyl (C=O) groups is 3. The van der Waals surface area contributed by atoms with Crippen LogP contribution in [-0.4, -0.2) is 51.4 Å². The molecule has 0 spiro atoms. The maximum absolute atomic E-state index is 13.1. The van der Waals surface area contributed by atoms with Gasteiger partial charge in [-0.3, -0.25) is 9.78 Å². The zero-order chi connectivity index (χ0) is 18.8. The number of hydrogen-bond acceptors (Lipinski definition) is 4. The highest BCUT2D eigenvalue weighted by Crippen LogP contribution is 2.40. The Balaban J connectivity index is 2.51. The normalized spacial score (nSPS) is 26.4. The molecule has 6 nitrogen and oxygen atoms in total. The molecule has 3 atom stereocenters. The lowest BCUT2D eigenvalue weighted by Crippen LogP contribution is -2.63. The molecule has 1 aliphatic heterocycles. The minimum Gasteiger partial charge on any atom is -0.477 e. The van der Waals surface area contributed by atoms with E-state index < -0.39 is 29.1 Å². The molecule has 1 aliphatic rings. The van der Waals surface area contributed by atoms with E-state index in [0.717, 1.165) is 5.56 Å². The van der Waals surface area contributed by atoms with Crippen LogP contribution in [0.15, 0.2) is 24.5 Å². The van der Waals surface area contributed by atoms with Crippen molar-refractivity contribution in [3.8, 4) is 0 Å². The summed E-state index contributed by atoms with van der Waals surface area (Å²) < 4.78 is -0.290. The third-order valence-electron chi connectivity index (χ3n) is 5.02. The number of aliphatic carboxylic acids is 1. The topological polar surface area (TPSA) is 84.3 Å². The van der Waals surface area contributed by atoms with Gasteiger partial charge < -0.3 is 5.11 Å². The summed E-state index contributed by atoms with van der Waals surface area (Å²) in [5.41, 5.74) is -0.0204. The van der Waals surface area contributed by atoms with Gasteiger partial charge in [0, 0.05) is 24.2 Å². The van der Waals surface area contributed by atoms with E-state index in [1.165, 1.54) is 0 Å². The number of amides is 1. The lowest BCUT2D eigenvalue weighted by atomic mass is 9.88. The van der Waals surface area contributed by atoms with Gasteiger partial charge in [0.1, 0.15) is 0 Å². The predicted octanol–water partition coefficient (Wildman–Crippen LogP) is 2.39. The Hall–Kier alpha value is -2.08. The van der Waals surface area contributed by atoms with E-state index in [-0.39, 0.29) is 10.4 Å². The Kier molecular flexibility index (Phi) is 5.42. The van der Waals surface area contributed by atoms with Crippen molar-refractivity contribution in [1.29, 1.82) is 0 Å². The number of quaternary nitrogens is 1. The lowest BCUT2D eigenvalue weighted by Gasteiger charge is -2.37. The Morgan fingerprint density at radius 1 is 1.32 bits per heavy atom. The number of aromatic nitrogens is 1. The predicted molar refractivity (Wildman–Crippen MR) is 92.8 cm³/mol. The summed E-state index contributed by atoms with van der Waals surface area (Å²) in [4.78, 5) is 42.0. The highest BCUT2D eigenvalue weighted by molar-refractivity contribution is 6.35. The fourth-order valence-electron chi connectivity index (χ4n) is 3.84. The van der Waals surface area contributed by atoms with Crippen molar-refractivity contribution in [2.45, 2.75) is 52.5 Å². The van der Waals surface area contributed by atoms with Crippen LogP contribution < -0.4 is 0 Å². The van der Waals surface area contributed by atoms with Crippen molar-refractivity contribution in [2.24, 2.45) is 5.41 Å². The molecule has 0 saturated carbocycles. The average molecular weight is 347 g/mol. The number of carbonyl (C=O) groups excluding carboxylic acids is 2. The minimum atomic E-state index is -1.03. The molecule has 1 aromatic rings. The first-order valence-corrected chi connectivity index (χ1v) is 8.74. The molecule has 6 heteroatoms. The average Bonchev–Trinajstić information content (AvgIpc) is 2.94. The zero-order valence-electron chi connectivity index (χ0n) is 15.4. The summed E-state index contributed by atoms with van der Waals surface area (Å²) in [7, 11) is 0. The molecular formula is C19H27N2O4+. The van der Waals surface area contributed by atoms with Gasteiger partial charge in [0.05, 0.1) is 19.0 Å². The van der Waals surface area contributed by atoms with Crippen LogP contribution in [0, 0.1) is 5.41 Å². The van der Waals surface area contributed by atoms with Gasteiger partial charge in [-0.2, -0.15) is 0 Å². The maximum atomic E-state index is 13.1. The van der Waals surface area contributed by atoms with Gasteiger partial charge in [-0.05, 0) is 18.1 Å². The molecular weight excluding hydrogens is 320 g/mol. The lowest BCUT2D eigenvalue weighted by molar-refractivity contribution is -0.855.